The minimum atomic E-state index is -0.102. The number of amides is 1. The van der Waals surface area contributed by atoms with Gasteiger partial charge in [0, 0.05) is 18.3 Å². The fraction of sp³-hybridized carbons (Fsp3) is 0.375. The van der Waals surface area contributed by atoms with Gasteiger partial charge in [-0.25, -0.2) is 4.98 Å². The van der Waals surface area contributed by atoms with Crippen LogP contribution in [0.5, 0.6) is 0 Å². The molecule has 21 heavy (non-hydrogen) atoms. The third-order valence-corrected chi connectivity index (χ3v) is 4.28. The number of aromatic nitrogens is 1. The van der Waals surface area contributed by atoms with E-state index in [1.54, 1.807) is 5.38 Å². The van der Waals surface area contributed by atoms with Crippen LogP contribution in [0.3, 0.4) is 0 Å². The molecule has 0 saturated heterocycles. The van der Waals surface area contributed by atoms with E-state index in [0.29, 0.717) is 24.7 Å². The zero-order chi connectivity index (χ0) is 15.1. The molecule has 1 heterocycles. The van der Waals surface area contributed by atoms with Gasteiger partial charge in [0.15, 0.2) is 0 Å². The molecule has 1 aromatic carbocycles. The molecule has 0 bridgehead atoms. The van der Waals surface area contributed by atoms with Gasteiger partial charge in [0.2, 0.25) is 0 Å². The summed E-state index contributed by atoms with van der Waals surface area (Å²) in [6.07, 6.45) is 1.64. The van der Waals surface area contributed by atoms with E-state index in [1.807, 2.05) is 18.2 Å². The van der Waals surface area contributed by atoms with Crippen LogP contribution in [0.4, 0.5) is 0 Å². The summed E-state index contributed by atoms with van der Waals surface area (Å²) in [5.41, 5.74) is 7.27. The van der Waals surface area contributed by atoms with E-state index in [-0.39, 0.29) is 5.91 Å². The number of hydrogen-bond donors (Lipinski definition) is 2. The molecule has 0 aliphatic rings. The lowest BCUT2D eigenvalue weighted by atomic mass is 9.98. The van der Waals surface area contributed by atoms with Crippen molar-refractivity contribution >= 4 is 17.2 Å². The number of nitrogens with two attached hydrogens (primary N) is 1. The maximum atomic E-state index is 12.0. The van der Waals surface area contributed by atoms with Crippen LogP contribution in [0.2, 0.25) is 0 Å². The van der Waals surface area contributed by atoms with Gasteiger partial charge in [0.05, 0.1) is 5.01 Å². The van der Waals surface area contributed by atoms with Crippen LogP contribution in [0.15, 0.2) is 35.7 Å². The lowest BCUT2D eigenvalue weighted by Gasteiger charge is -2.11. The smallest absolute Gasteiger partial charge is 0.270 e. The van der Waals surface area contributed by atoms with E-state index < -0.39 is 0 Å². The summed E-state index contributed by atoms with van der Waals surface area (Å²) in [4.78, 5) is 16.3. The number of nitrogens with zero attached hydrogens (tertiary/aromatic N) is 1. The highest BCUT2D eigenvalue weighted by molar-refractivity contribution is 7.09. The zero-order valence-corrected chi connectivity index (χ0v) is 13.0. The zero-order valence-electron chi connectivity index (χ0n) is 12.2. The van der Waals surface area contributed by atoms with Crippen molar-refractivity contribution in [3.63, 3.8) is 0 Å². The number of benzene rings is 1. The summed E-state index contributed by atoms with van der Waals surface area (Å²) >= 11 is 1.49. The molecule has 1 atom stereocenters. The van der Waals surface area contributed by atoms with Crippen molar-refractivity contribution in [1.29, 1.82) is 0 Å². The van der Waals surface area contributed by atoms with Crippen LogP contribution in [0, 0.1) is 0 Å². The van der Waals surface area contributed by atoms with Gasteiger partial charge in [-0.15, -0.1) is 11.3 Å². The molecule has 2 rings (SSSR count). The average Bonchev–Trinajstić information content (AvgIpc) is 2.97. The van der Waals surface area contributed by atoms with E-state index in [2.05, 4.69) is 29.4 Å². The Kier molecular flexibility index (Phi) is 5.90. The van der Waals surface area contributed by atoms with Gasteiger partial charge in [-0.3, -0.25) is 4.79 Å². The Bertz CT molecular complexity index is 568. The third kappa shape index (κ3) is 4.65. The molecular weight excluding hydrogens is 282 g/mol. The predicted octanol–water partition coefficient (Wildman–Crippen LogP) is 2.57. The second-order valence-corrected chi connectivity index (χ2v) is 5.96. The normalized spacial score (nSPS) is 12.1. The van der Waals surface area contributed by atoms with Crippen LogP contribution in [-0.4, -0.2) is 24.0 Å². The standard InChI is InChI=1S/C16H21N3OS/c1-12(13-5-3-2-4-6-13)8-10-18-16(20)14-11-21-15(19-14)7-9-17/h2-6,11-12H,7-10,17H2,1H3,(H,18,20). The Morgan fingerprint density at radius 3 is 2.86 bits per heavy atom. The van der Waals surface area contributed by atoms with E-state index in [4.69, 9.17) is 5.73 Å². The highest BCUT2D eigenvalue weighted by atomic mass is 32.1. The van der Waals surface area contributed by atoms with Crippen molar-refractivity contribution in [2.24, 2.45) is 5.73 Å². The quantitative estimate of drug-likeness (QED) is 0.826. The van der Waals surface area contributed by atoms with E-state index >= 15 is 0 Å². The van der Waals surface area contributed by atoms with Crippen molar-refractivity contribution in [2.75, 3.05) is 13.1 Å². The molecule has 0 fully saturated rings. The fourth-order valence-corrected chi connectivity index (χ4v) is 2.89. The largest absolute Gasteiger partial charge is 0.351 e. The summed E-state index contributed by atoms with van der Waals surface area (Å²) in [7, 11) is 0. The summed E-state index contributed by atoms with van der Waals surface area (Å²) < 4.78 is 0. The highest BCUT2D eigenvalue weighted by Gasteiger charge is 2.11. The molecule has 2 aromatic rings. The number of carbonyl (C=O) groups is 1. The number of rotatable bonds is 7. The molecule has 4 nitrogen and oxygen atoms in total. The van der Waals surface area contributed by atoms with Gasteiger partial charge in [-0.1, -0.05) is 37.3 Å². The number of nitrogens with one attached hydrogen (secondary N) is 1. The van der Waals surface area contributed by atoms with Gasteiger partial charge in [-0.2, -0.15) is 0 Å². The van der Waals surface area contributed by atoms with Gasteiger partial charge in [0.1, 0.15) is 5.69 Å². The molecule has 0 spiro atoms. The first-order valence-electron chi connectivity index (χ1n) is 7.18. The fourth-order valence-electron chi connectivity index (χ4n) is 2.09. The molecular formula is C16H21N3OS. The van der Waals surface area contributed by atoms with Crippen molar-refractivity contribution in [3.05, 3.63) is 52.0 Å². The summed E-state index contributed by atoms with van der Waals surface area (Å²) in [6.45, 7) is 3.38. The first kappa shape index (κ1) is 15.7. The molecule has 5 heteroatoms. The molecule has 0 aliphatic carbocycles. The molecule has 1 amide bonds. The molecule has 0 aliphatic heterocycles. The molecule has 0 radical (unpaired) electrons. The summed E-state index contributed by atoms with van der Waals surface area (Å²) in [6, 6.07) is 10.3. The van der Waals surface area contributed by atoms with Crippen LogP contribution in [0.1, 0.15) is 40.3 Å². The van der Waals surface area contributed by atoms with Crippen LogP contribution >= 0.6 is 11.3 Å². The lowest BCUT2D eigenvalue weighted by Crippen LogP contribution is -2.25. The van der Waals surface area contributed by atoms with Crippen LogP contribution in [0.25, 0.3) is 0 Å². The highest BCUT2D eigenvalue weighted by Crippen LogP contribution is 2.17. The van der Waals surface area contributed by atoms with Crippen molar-refractivity contribution in [1.82, 2.24) is 10.3 Å². The molecule has 1 aromatic heterocycles. The van der Waals surface area contributed by atoms with Gasteiger partial charge < -0.3 is 11.1 Å². The van der Waals surface area contributed by atoms with E-state index in [0.717, 1.165) is 17.8 Å². The minimum absolute atomic E-state index is 0.102. The second kappa shape index (κ2) is 7.90. The molecule has 0 saturated carbocycles. The summed E-state index contributed by atoms with van der Waals surface area (Å²) in [5.74, 6) is 0.324. The lowest BCUT2D eigenvalue weighted by molar-refractivity contribution is 0.0948. The molecule has 112 valence electrons. The van der Waals surface area contributed by atoms with Crippen molar-refractivity contribution < 1.29 is 4.79 Å². The first-order chi connectivity index (χ1) is 10.2. The number of carbonyl (C=O) groups excluding carboxylic acids is 1. The van der Waals surface area contributed by atoms with E-state index in [1.165, 1.54) is 16.9 Å². The maximum absolute atomic E-state index is 12.0. The van der Waals surface area contributed by atoms with E-state index in [9.17, 15) is 4.79 Å². The maximum Gasteiger partial charge on any atom is 0.270 e. The Hall–Kier alpha value is -1.72. The summed E-state index contributed by atoms with van der Waals surface area (Å²) in [5, 5.41) is 5.64. The average molecular weight is 303 g/mol. The van der Waals surface area contributed by atoms with Gasteiger partial charge in [0.25, 0.3) is 5.91 Å². The third-order valence-electron chi connectivity index (χ3n) is 3.37. The SMILES string of the molecule is CC(CCNC(=O)c1csc(CCN)n1)c1ccccc1. The molecule has 1 unspecified atom stereocenters. The Morgan fingerprint density at radius 2 is 2.14 bits per heavy atom. The Balaban J connectivity index is 1.78. The van der Waals surface area contributed by atoms with Crippen LogP contribution < -0.4 is 11.1 Å². The topological polar surface area (TPSA) is 68.0 Å². The first-order valence-corrected chi connectivity index (χ1v) is 8.06. The predicted molar refractivity (Wildman–Crippen MR) is 86.7 cm³/mol. The monoisotopic (exact) mass is 303 g/mol. The molecule has 3 N–H and O–H groups in total. The van der Waals surface area contributed by atoms with Gasteiger partial charge >= 0.3 is 0 Å². The minimum Gasteiger partial charge on any atom is -0.351 e. The Labute approximate surface area is 129 Å². The Morgan fingerprint density at radius 1 is 1.38 bits per heavy atom. The number of hydrogen-bond acceptors (Lipinski definition) is 4. The number of thiazole rings is 1. The van der Waals surface area contributed by atoms with Crippen molar-refractivity contribution in [2.45, 2.75) is 25.7 Å². The van der Waals surface area contributed by atoms with Crippen LogP contribution in [-0.2, 0) is 6.42 Å². The van der Waals surface area contributed by atoms with Crippen molar-refractivity contribution in [3.8, 4) is 0 Å². The second-order valence-electron chi connectivity index (χ2n) is 5.02. The van der Waals surface area contributed by atoms with Gasteiger partial charge in [-0.05, 0) is 24.4 Å².